The van der Waals surface area contributed by atoms with Gasteiger partial charge in [0, 0.05) is 18.3 Å². The molecule has 1 aromatic carbocycles. The highest BCUT2D eigenvalue weighted by atomic mass is 35.5. The molecule has 3 nitrogen and oxygen atoms in total. The average Bonchev–Trinajstić information content (AvgIpc) is 2.93. The van der Waals surface area contributed by atoms with Gasteiger partial charge in [0.25, 0.3) is 5.91 Å². The van der Waals surface area contributed by atoms with E-state index in [2.05, 4.69) is 34.9 Å². The van der Waals surface area contributed by atoms with Crippen LogP contribution in [0.3, 0.4) is 0 Å². The second kappa shape index (κ2) is 6.50. The number of amides is 1. The Hall–Kier alpha value is -1.52. The van der Waals surface area contributed by atoms with Crippen LogP contribution < -0.4 is 10.6 Å². The molecule has 1 atom stereocenters. The first-order chi connectivity index (χ1) is 10.2. The molecule has 0 spiro atoms. The summed E-state index contributed by atoms with van der Waals surface area (Å²) in [5.74, 6) is -0.0857. The zero-order valence-electron chi connectivity index (χ0n) is 11.6. The number of carbonyl (C=O) groups is 1. The van der Waals surface area contributed by atoms with E-state index >= 15 is 0 Å². The zero-order valence-corrected chi connectivity index (χ0v) is 13.1. The maximum Gasteiger partial charge on any atom is 0.253 e. The Morgan fingerprint density at radius 1 is 1.38 bits per heavy atom. The van der Waals surface area contributed by atoms with Gasteiger partial charge in [0.1, 0.15) is 4.34 Å². The van der Waals surface area contributed by atoms with Gasteiger partial charge < -0.3 is 10.6 Å². The molecule has 0 aliphatic carbocycles. The molecule has 2 aromatic rings. The number of aryl methyl sites for hydroxylation is 1. The topological polar surface area (TPSA) is 41.1 Å². The van der Waals surface area contributed by atoms with Crippen molar-refractivity contribution in [3.8, 4) is 0 Å². The van der Waals surface area contributed by atoms with Gasteiger partial charge in [-0.15, -0.1) is 11.3 Å². The monoisotopic (exact) mass is 320 g/mol. The summed E-state index contributed by atoms with van der Waals surface area (Å²) in [6.45, 7) is 0.658. The number of hydrogen-bond acceptors (Lipinski definition) is 3. The molecule has 0 radical (unpaired) electrons. The lowest BCUT2D eigenvalue weighted by Gasteiger charge is -2.27. The molecule has 1 aliphatic heterocycles. The second-order valence-electron chi connectivity index (χ2n) is 5.19. The van der Waals surface area contributed by atoms with Gasteiger partial charge in [-0.2, -0.15) is 0 Å². The van der Waals surface area contributed by atoms with Gasteiger partial charge >= 0.3 is 0 Å². The van der Waals surface area contributed by atoms with E-state index in [0.29, 0.717) is 22.5 Å². The van der Waals surface area contributed by atoms with Crippen molar-refractivity contribution in [1.29, 1.82) is 0 Å². The van der Waals surface area contributed by atoms with E-state index in [0.717, 1.165) is 19.3 Å². The van der Waals surface area contributed by atoms with Crippen LogP contribution in [0.1, 0.15) is 28.8 Å². The van der Waals surface area contributed by atoms with Crippen molar-refractivity contribution in [2.75, 3.05) is 11.9 Å². The number of nitrogens with one attached hydrogen (secondary N) is 2. The fourth-order valence-corrected chi connectivity index (χ4v) is 3.54. The lowest BCUT2D eigenvalue weighted by molar-refractivity contribution is 0.0953. The molecule has 0 bridgehead atoms. The van der Waals surface area contributed by atoms with Crippen molar-refractivity contribution in [1.82, 2.24) is 5.32 Å². The van der Waals surface area contributed by atoms with Crippen LogP contribution in [0.2, 0.25) is 4.34 Å². The highest BCUT2D eigenvalue weighted by molar-refractivity contribution is 7.14. The number of thiophene rings is 1. The predicted molar refractivity (Wildman–Crippen MR) is 88.5 cm³/mol. The SMILES string of the molecule is O=C(NCC[C@H]1CCc2ccccc2N1)c1ccsc1Cl. The minimum Gasteiger partial charge on any atom is -0.382 e. The maximum atomic E-state index is 12.0. The molecule has 3 rings (SSSR count). The van der Waals surface area contributed by atoms with Crippen LogP contribution in [0.15, 0.2) is 35.7 Å². The number of halogens is 1. The molecule has 0 saturated carbocycles. The van der Waals surface area contributed by atoms with E-state index < -0.39 is 0 Å². The first-order valence-corrected chi connectivity index (χ1v) is 8.35. The Labute approximate surface area is 133 Å². The summed E-state index contributed by atoms with van der Waals surface area (Å²) in [5.41, 5.74) is 3.17. The molecular formula is C16H17ClN2OS. The van der Waals surface area contributed by atoms with Crippen molar-refractivity contribution in [3.05, 3.63) is 51.2 Å². The van der Waals surface area contributed by atoms with Crippen molar-refractivity contribution in [3.63, 3.8) is 0 Å². The van der Waals surface area contributed by atoms with Crippen molar-refractivity contribution < 1.29 is 4.79 Å². The molecule has 0 fully saturated rings. The number of hydrogen-bond donors (Lipinski definition) is 2. The lowest BCUT2D eigenvalue weighted by Crippen LogP contribution is -2.32. The van der Waals surface area contributed by atoms with Crippen LogP contribution in [0.25, 0.3) is 0 Å². The number of para-hydroxylation sites is 1. The Morgan fingerprint density at radius 3 is 3.05 bits per heavy atom. The molecule has 21 heavy (non-hydrogen) atoms. The fraction of sp³-hybridized carbons (Fsp3) is 0.312. The van der Waals surface area contributed by atoms with Crippen LogP contribution >= 0.6 is 22.9 Å². The molecule has 2 heterocycles. The van der Waals surface area contributed by atoms with Gasteiger partial charge in [-0.3, -0.25) is 4.79 Å². The molecule has 0 unspecified atom stereocenters. The third-order valence-electron chi connectivity index (χ3n) is 3.78. The van der Waals surface area contributed by atoms with Crippen LogP contribution in [0, 0.1) is 0 Å². The summed E-state index contributed by atoms with van der Waals surface area (Å²) in [4.78, 5) is 12.0. The molecule has 2 N–H and O–H groups in total. The normalized spacial score (nSPS) is 16.9. The third-order valence-corrected chi connectivity index (χ3v) is 4.95. The third kappa shape index (κ3) is 3.39. The summed E-state index contributed by atoms with van der Waals surface area (Å²) >= 11 is 7.34. The summed E-state index contributed by atoms with van der Waals surface area (Å²) < 4.78 is 0.553. The Kier molecular flexibility index (Phi) is 4.46. The molecule has 1 aliphatic rings. The lowest BCUT2D eigenvalue weighted by atomic mass is 9.96. The van der Waals surface area contributed by atoms with Crippen LogP contribution in [0.4, 0.5) is 5.69 Å². The first-order valence-electron chi connectivity index (χ1n) is 7.09. The molecule has 5 heteroatoms. The van der Waals surface area contributed by atoms with Gasteiger partial charge in [0.2, 0.25) is 0 Å². The first kappa shape index (κ1) is 14.4. The summed E-state index contributed by atoms with van der Waals surface area (Å²) in [6, 6.07) is 10.6. The van der Waals surface area contributed by atoms with Gasteiger partial charge in [-0.1, -0.05) is 29.8 Å². The second-order valence-corrected chi connectivity index (χ2v) is 6.71. The van der Waals surface area contributed by atoms with E-state index in [9.17, 15) is 4.79 Å². The maximum absolute atomic E-state index is 12.0. The van der Waals surface area contributed by atoms with E-state index in [1.165, 1.54) is 22.6 Å². The molecule has 1 amide bonds. The van der Waals surface area contributed by atoms with Crippen molar-refractivity contribution in [2.24, 2.45) is 0 Å². The fourth-order valence-electron chi connectivity index (χ4n) is 2.63. The number of rotatable bonds is 4. The van der Waals surface area contributed by atoms with Crippen LogP contribution in [0.5, 0.6) is 0 Å². The number of anilines is 1. The largest absolute Gasteiger partial charge is 0.382 e. The van der Waals surface area contributed by atoms with Gasteiger partial charge in [-0.05, 0) is 42.3 Å². The zero-order chi connectivity index (χ0) is 14.7. The highest BCUT2D eigenvalue weighted by Crippen LogP contribution is 2.25. The van der Waals surface area contributed by atoms with Gasteiger partial charge in [0.05, 0.1) is 5.56 Å². The smallest absolute Gasteiger partial charge is 0.253 e. The Morgan fingerprint density at radius 2 is 2.24 bits per heavy atom. The quantitative estimate of drug-likeness (QED) is 0.895. The standard InChI is InChI=1S/C16H17ClN2OS/c17-15-13(8-10-21-15)16(20)18-9-7-12-6-5-11-3-1-2-4-14(11)19-12/h1-4,8,10,12,19H,5-7,9H2,(H,18,20)/t12-/m1/s1. The van der Waals surface area contributed by atoms with Crippen molar-refractivity contribution in [2.45, 2.75) is 25.3 Å². The molecular weight excluding hydrogens is 304 g/mol. The summed E-state index contributed by atoms with van der Waals surface area (Å²) in [5, 5.41) is 8.31. The Bertz CT molecular complexity index is 641. The van der Waals surface area contributed by atoms with Crippen LogP contribution in [-0.4, -0.2) is 18.5 Å². The van der Waals surface area contributed by atoms with E-state index in [1.54, 1.807) is 6.07 Å². The highest BCUT2D eigenvalue weighted by Gasteiger charge is 2.17. The van der Waals surface area contributed by atoms with Gasteiger partial charge in [-0.25, -0.2) is 0 Å². The van der Waals surface area contributed by atoms with Crippen LogP contribution in [-0.2, 0) is 6.42 Å². The van der Waals surface area contributed by atoms with E-state index in [4.69, 9.17) is 11.6 Å². The Balaban J connectivity index is 1.49. The summed E-state index contributed by atoms with van der Waals surface area (Å²) in [7, 11) is 0. The average molecular weight is 321 g/mol. The van der Waals surface area contributed by atoms with Crippen molar-refractivity contribution >= 4 is 34.5 Å². The molecule has 0 saturated heterocycles. The number of carbonyl (C=O) groups excluding carboxylic acids is 1. The minimum atomic E-state index is -0.0857. The molecule has 1 aromatic heterocycles. The predicted octanol–water partition coefficient (Wildman–Crippen LogP) is 3.95. The minimum absolute atomic E-state index is 0.0857. The number of fused-ring (bicyclic) bond motifs is 1. The van der Waals surface area contributed by atoms with E-state index in [-0.39, 0.29) is 5.91 Å². The summed E-state index contributed by atoms with van der Waals surface area (Å²) in [6.07, 6.45) is 3.12. The molecule has 110 valence electrons. The van der Waals surface area contributed by atoms with Gasteiger partial charge in [0.15, 0.2) is 0 Å². The number of benzene rings is 1. The van der Waals surface area contributed by atoms with E-state index in [1.807, 2.05) is 5.38 Å².